The van der Waals surface area contributed by atoms with Crippen molar-refractivity contribution in [2.75, 3.05) is 18.1 Å². The van der Waals surface area contributed by atoms with Crippen LogP contribution in [0.3, 0.4) is 0 Å². The number of carbonyl (C=O) groups excluding carboxylic acids is 1. The Bertz CT molecular complexity index is 839. The number of halogens is 2. The van der Waals surface area contributed by atoms with Gasteiger partial charge in [0.15, 0.2) is 9.84 Å². The standard InChI is InChI=1S/C16H16ClFN2O3S/c1-24(22,23)16-13(18)3-2-4-14(16)19-10-15(21)20-9-11-5-7-12(17)8-6-11/h2-8,19H,9-10H2,1H3,(H,20,21). The number of hydrogen-bond acceptors (Lipinski definition) is 4. The molecule has 2 aromatic carbocycles. The Morgan fingerprint density at radius 3 is 2.46 bits per heavy atom. The maximum atomic E-state index is 13.7. The zero-order chi connectivity index (χ0) is 17.7. The molecule has 2 aromatic rings. The van der Waals surface area contributed by atoms with Crippen molar-refractivity contribution in [2.45, 2.75) is 11.4 Å². The molecule has 2 rings (SSSR count). The predicted molar refractivity (Wildman–Crippen MR) is 91.3 cm³/mol. The van der Waals surface area contributed by atoms with Gasteiger partial charge in [-0.2, -0.15) is 0 Å². The highest BCUT2D eigenvalue weighted by molar-refractivity contribution is 7.90. The van der Waals surface area contributed by atoms with Gasteiger partial charge in [-0.25, -0.2) is 12.8 Å². The largest absolute Gasteiger partial charge is 0.375 e. The van der Waals surface area contributed by atoms with Crippen molar-refractivity contribution >= 4 is 33.0 Å². The maximum Gasteiger partial charge on any atom is 0.239 e. The van der Waals surface area contributed by atoms with Gasteiger partial charge in [0.25, 0.3) is 0 Å². The van der Waals surface area contributed by atoms with E-state index in [1.54, 1.807) is 24.3 Å². The minimum absolute atomic E-state index is 0.0548. The lowest BCUT2D eigenvalue weighted by Crippen LogP contribution is -2.29. The fraction of sp³-hybridized carbons (Fsp3) is 0.188. The summed E-state index contributed by atoms with van der Waals surface area (Å²) in [5.41, 5.74) is 0.925. The molecule has 1 amide bonds. The molecule has 0 spiro atoms. The molecule has 0 saturated carbocycles. The van der Waals surface area contributed by atoms with Crippen molar-refractivity contribution in [1.29, 1.82) is 0 Å². The SMILES string of the molecule is CS(=O)(=O)c1c(F)cccc1NCC(=O)NCc1ccc(Cl)cc1. The van der Waals surface area contributed by atoms with Crippen LogP contribution in [0.25, 0.3) is 0 Å². The fourth-order valence-corrected chi connectivity index (χ4v) is 3.15. The monoisotopic (exact) mass is 370 g/mol. The molecule has 0 aliphatic rings. The quantitative estimate of drug-likeness (QED) is 0.819. The highest BCUT2D eigenvalue weighted by Gasteiger charge is 2.18. The first-order chi connectivity index (χ1) is 11.3. The van der Waals surface area contributed by atoms with E-state index in [0.717, 1.165) is 17.9 Å². The van der Waals surface area contributed by atoms with E-state index in [1.807, 2.05) is 0 Å². The Morgan fingerprint density at radius 1 is 1.17 bits per heavy atom. The molecule has 2 N–H and O–H groups in total. The number of amides is 1. The number of sulfone groups is 1. The van der Waals surface area contributed by atoms with Gasteiger partial charge in [0.1, 0.15) is 10.7 Å². The first-order valence-electron chi connectivity index (χ1n) is 7.01. The van der Waals surface area contributed by atoms with Crippen LogP contribution in [0.4, 0.5) is 10.1 Å². The first kappa shape index (κ1) is 18.2. The van der Waals surface area contributed by atoms with Gasteiger partial charge in [0.2, 0.25) is 5.91 Å². The van der Waals surface area contributed by atoms with Crippen molar-refractivity contribution in [3.63, 3.8) is 0 Å². The molecule has 8 heteroatoms. The summed E-state index contributed by atoms with van der Waals surface area (Å²) in [5, 5.41) is 5.93. The molecule has 24 heavy (non-hydrogen) atoms. The first-order valence-corrected chi connectivity index (χ1v) is 9.28. The average molecular weight is 371 g/mol. The summed E-state index contributed by atoms with van der Waals surface area (Å²) in [6.45, 7) is 0.124. The second-order valence-corrected chi connectivity index (χ2v) is 7.53. The molecule has 0 unspecified atom stereocenters. The van der Waals surface area contributed by atoms with E-state index < -0.39 is 20.5 Å². The number of rotatable bonds is 6. The Balaban J connectivity index is 1.97. The summed E-state index contributed by atoms with van der Waals surface area (Å²) in [5.74, 6) is -1.21. The third kappa shape index (κ3) is 4.94. The molecule has 0 radical (unpaired) electrons. The van der Waals surface area contributed by atoms with Gasteiger partial charge in [-0.05, 0) is 29.8 Å². The number of hydrogen-bond donors (Lipinski definition) is 2. The van der Waals surface area contributed by atoms with Gasteiger partial charge in [-0.15, -0.1) is 0 Å². The second kappa shape index (κ2) is 7.63. The van der Waals surface area contributed by atoms with Gasteiger partial charge < -0.3 is 10.6 Å². The zero-order valence-electron chi connectivity index (χ0n) is 12.8. The van der Waals surface area contributed by atoms with Crippen molar-refractivity contribution < 1.29 is 17.6 Å². The molecule has 128 valence electrons. The Kier molecular flexibility index (Phi) is 5.80. The minimum atomic E-state index is -3.75. The predicted octanol–water partition coefficient (Wildman–Crippen LogP) is 2.61. The highest BCUT2D eigenvalue weighted by Crippen LogP contribution is 2.24. The van der Waals surface area contributed by atoms with Gasteiger partial charge >= 0.3 is 0 Å². The summed E-state index contributed by atoms with van der Waals surface area (Å²) >= 11 is 5.78. The number of benzene rings is 2. The van der Waals surface area contributed by atoms with Crippen LogP contribution in [0.1, 0.15) is 5.56 Å². The topological polar surface area (TPSA) is 75.3 Å². The van der Waals surface area contributed by atoms with E-state index in [1.165, 1.54) is 12.1 Å². The molecule has 0 aliphatic carbocycles. The maximum absolute atomic E-state index is 13.7. The van der Waals surface area contributed by atoms with Crippen molar-refractivity contribution in [2.24, 2.45) is 0 Å². The summed E-state index contributed by atoms with van der Waals surface area (Å²) in [6, 6.07) is 10.8. The van der Waals surface area contributed by atoms with Crippen LogP contribution < -0.4 is 10.6 Å². The molecule has 0 aliphatic heterocycles. The smallest absolute Gasteiger partial charge is 0.239 e. The van der Waals surface area contributed by atoms with Gasteiger partial charge in [0.05, 0.1) is 12.2 Å². The van der Waals surface area contributed by atoms with Gasteiger partial charge in [-0.3, -0.25) is 4.79 Å². The molecular formula is C16H16ClFN2O3S. The summed E-state index contributed by atoms with van der Waals surface area (Å²) in [4.78, 5) is 11.4. The molecular weight excluding hydrogens is 355 g/mol. The molecule has 5 nitrogen and oxygen atoms in total. The summed E-state index contributed by atoms with van der Waals surface area (Å²) in [7, 11) is -3.75. The molecule has 0 aromatic heterocycles. The summed E-state index contributed by atoms with van der Waals surface area (Å²) < 4.78 is 37.1. The fourth-order valence-electron chi connectivity index (χ4n) is 2.07. The van der Waals surface area contributed by atoms with Gasteiger partial charge in [-0.1, -0.05) is 29.8 Å². The number of carbonyl (C=O) groups is 1. The molecule has 0 atom stereocenters. The molecule has 0 bridgehead atoms. The van der Waals surface area contributed by atoms with E-state index in [-0.39, 0.29) is 18.1 Å². The minimum Gasteiger partial charge on any atom is -0.375 e. The average Bonchev–Trinajstić information content (AvgIpc) is 2.51. The second-order valence-electron chi connectivity index (χ2n) is 5.15. The van der Waals surface area contributed by atoms with Gasteiger partial charge in [0, 0.05) is 17.8 Å². The van der Waals surface area contributed by atoms with Crippen LogP contribution in [0.15, 0.2) is 47.4 Å². The van der Waals surface area contributed by atoms with Crippen molar-refractivity contribution in [3.05, 3.63) is 58.9 Å². The van der Waals surface area contributed by atoms with E-state index in [4.69, 9.17) is 11.6 Å². The summed E-state index contributed by atoms with van der Waals surface area (Å²) in [6.07, 6.45) is 0.914. The third-order valence-corrected chi connectivity index (χ3v) is 4.59. The molecule has 0 fully saturated rings. The highest BCUT2D eigenvalue weighted by atomic mass is 35.5. The molecule has 0 saturated heterocycles. The third-order valence-electron chi connectivity index (χ3n) is 3.18. The lowest BCUT2D eigenvalue weighted by atomic mass is 10.2. The van der Waals surface area contributed by atoms with E-state index in [9.17, 15) is 17.6 Å². The van der Waals surface area contributed by atoms with Crippen LogP contribution in [0.5, 0.6) is 0 Å². The van der Waals surface area contributed by atoms with Crippen molar-refractivity contribution in [1.82, 2.24) is 5.32 Å². The van der Waals surface area contributed by atoms with Crippen LogP contribution in [0, 0.1) is 5.82 Å². The van der Waals surface area contributed by atoms with Crippen LogP contribution in [-0.4, -0.2) is 27.1 Å². The van der Waals surface area contributed by atoms with Crippen molar-refractivity contribution in [3.8, 4) is 0 Å². The van der Waals surface area contributed by atoms with Crippen LogP contribution >= 0.6 is 11.6 Å². The lowest BCUT2D eigenvalue weighted by molar-refractivity contribution is -0.119. The number of nitrogens with one attached hydrogen (secondary N) is 2. The van der Waals surface area contributed by atoms with E-state index in [0.29, 0.717) is 11.6 Å². The molecule has 0 heterocycles. The normalized spacial score (nSPS) is 11.1. The van der Waals surface area contributed by atoms with Crippen LogP contribution in [-0.2, 0) is 21.2 Å². The number of anilines is 1. The Morgan fingerprint density at radius 2 is 1.83 bits per heavy atom. The Labute approximate surface area is 144 Å². The van der Waals surface area contributed by atoms with E-state index in [2.05, 4.69) is 10.6 Å². The Hall–Kier alpha value is -2.12. The lowest BCUT2D eigenvalue weighted by Gasteiger charge is -2.12. The zero-order valence-corrected chi connectivity index (χ0v) is 14.4. The van der Waals surface area contributed by atoms with Crippen LogP contribution in [0.2, 0.25) is 5.02 Å². The van der Waals surface area contributed by atoms with E-state index >= 15 is 0 Å².